The van der Waals surface area contributed by atoms with Crippen molar-refractivity contribution < 1.29 is 14.6 Å². The molecule has 4 heteroatoms. The normalized spacial score (nSPS) is 29.2. The van der Waals surface area contributed by atoms with Gasteiger partial charge in [0.15, 0.2) is 0 Å². The Bertz CT molecular complexity index is 508. The fraction of sp³-hybridized carbons (Fsp3) is 0.562. The minimum absolute atomic E-state index is 0.329. The van der Waals surface area contributed by atoms with Crippen molar-refractivity contribution in [2.45, 2.75) is 19.8 Å². The van der Waals surface area contributed by atoms with Crippen LogP contribution in [-0.2, 0) is 16.0 Å². The number of anilines is 1. The monoisotopic (exact) mass is 275 g/mol. The molecule has 1 aromatic carbocycles. The number of nitrogens with zero attached hydrogens (tertiary/aromatic N) is 1. The van der Waals surface area contributed by atoms with Gasteiger partial charge in [0.05, 0.1) is 6.61 Å². The topological polar surface area (TPSA) is 49.8 Å². The van der Waals surface area contributed by atoms with Crippen LogP contribution in [0.15, 0.2) is 24.3 Å². The summed E-state index contributed by atoms with van der Waals surface area (Å²) >= 11 is 0. The van der Waals surface area contributed by atoms with E-state index in [1.165, 1.54) is 11.3 Å². The van der Waals surface area contributed by atoms with Crippen LogP contribution < -0.4 is 4.90 Å². The number of benzene rings is 1. The molecule has 0 aromatic heterocycles. The van der Waals surface area contributed by atoms with Crippen molar-refractivity contribution in [1.29, 1.82) is 0 Å². The molecule has 2 atom stereocenters. The zero-order valence-electron chi connectivity index (χ0n) is 11.8. The zero-order valence-corrected chi connectivity index (χ0v) is 11.8. The van der Waals surface area contributed by atoms with E-state index in [9.17, 15) is 9.90 Å². The molecule has 0 aliphatic carbocycles. The molecule has 2 heterocycles. The first-order chi connectivity index (χ1) is 9.61. The molecule has 2 aliphatic rings. The molecule has 0 amide bonds. The Morgan fingerprint density at radius 3 is 3.00 bits per heavy atom. The summed E-state index contributed by atoms with van der Waals surface area (Å²) in [5.41, 5.74) is 1.77. The van der Waals surface area contributed by atoms with E-state index >= 15 is 0 Å². The molecule has 1 fully saturated rings. The van der Waals surface area contributed by atoms with Crippen molar-refractivity contribution in [3.8, 4) is 0 Å². The van der Waals surface area contributed by atoms with Gasteiger partial charge < -0.3 is 14.7 Å². The first-order valence-electron chi connectivity index (χ1n) is 7.25. The molecule has 3 rings (SSSR count). The van der Waals surface area contributed by atoms with E-state index < -0.39 is 11.4 Å². The van der Waals surface area contributed by atoms with E-state index in [1.807, 2.05) is 6.07 Å². The Balaban J connectivity index is 1.89. The molecular weight excluding hydrogens is 254 g/mol. The number of hydrogen-bond donors (Lipinski definition) is 1. The van der Waals surface area contributed by atoms with Crippen molar-refractivity contribution in [2.75, 3.05) is 31.2 Å². The quantitative estimate of drug-likeness (QED) is 0.918. The molecular formula is C16H21NO3. The minimum Gasteiger partial charge on any atom is -0.481 e. The fourth-order valence-corrected chi connectivity index (χ4v) is 3.39. The molecule has 0 spiro atoms. The van der Waals surface area contributed by atoms with Crippen molar-refractivity contribution in [2.24, 2.45) is 11.3 Å². The van der Waals surface area contributed by atoms with Gasteiger partial charge in [0.25, 0.3) is 0 Å². The molecule has 2 aliphatic heterocycles. The first kappa shape index (κ1) is 13.4. The van der Waals surface area contributed by atoms with Gasteiger partial charge in [0, 0.05) is 25.4 Å². The molecule has 2 unspecified atom stereocenters. The highest BCUT2D eigenvalue weighted by molar-refractivity contribution is 5.76. The van der Waals surface area contributed by atoms with Crippen LogP contribution in [0.25, 0.3) is 0 Å². The second-order valence-corrected chi connectivity index (χ2v) is 6.21. The SMILES string of the molecule is CC1Cc2ccccc2N(CC2(C(=O)O)CCOC2)C1. The van der Waals surface area contributed by atoms with E-state index in [2.05, 4.69) is 30.0 Å². The fourth-order valence-electron chi connectivity index (χ4n) is 3.39. The van der Waals surface area contributed by atoms with Gasteiger partial charge in [-0.15, -0.1) is 0 Å². The standard InChI is InChI=1S/C16H21NO3/c1-12-8-13-4-2-3-5-14(13)17(9-12)10-16(15(18)19)6-7-20-11-16/h2-5,12H,6-11H2,1H3,(H,18,19). The zero-order chi connectivity index (χ0) is 14.2. The Labute approximate surface area is 119 Å². The summed E-state index contributed by atoms with van der Waals surface area (Å²) < 4.78 is 5.37. The third-order valence-electron chi connectivity index (χ3n) is 4.48. The van der Waals surface area contributed by atoms with E-state index in [1.54, 1.807) is 0 Å². The number of rotatable bonds is 3. The smallest absolute Gasteiger partial charge is 0.313 e. The van der Waals surface area contributed by atoms with E-state index in [0.29, 0.717) is 32.1 Å². The van der Waals surface area contributed by atoms with Gasteiger partial charge in [0.1, 0.15) is 5.41 Å². The Morgan fingerprint density at radius 1 is 1.50 bits per heavy atom. The average molecular weight is 275 g/mol. The number of carbonyl (C=O) groups is 1. The summed E-state index contributed by atoms with van der Waals surface area (Å²) in [6.45, 7) is 4.57. The summed E-state index contributed by atoms with van der Waals surface area (Å²) in [6.07, 6.45) is 1.68. The van der Waals surface area contributed by atoms with Gasteiger partial charge in [0.2, 0.25) is 0 Å². The highest BCUT2D eigenvalue weighted by Gasteiger charge is 2.44. The number of ether oxygens (including phenoxy) is 1. The Morgan fingerprint density at radius 2 is 2.30 bits per heavy atom. The maximum absolute atomic E-state index is 11.7. The van der Waals surface area contributed by atoms with Gasteiger partial charge in [-0.2, -0.15) is 0 Å². The van der Waals surface area contributed by atoms with Crippen LogP contribution in [0.3, 0.4) is 0 Å². The van der Waals surface area contributed by atoms with E-state index in [0.717, 1.165) is 13.0 Å². The highest BCUT2D eigenvalue weighted by atomic mass is 16.5. The summed E-state index contributed by atoms with van der Waals surface area (Å²) in [4.78, 5) is 13.9. The van der Waals surface area contributed by atoms with Crippen LogP contribution in [0.1, 0.15) is 18.9 Å². The number of carboxylic acids is 1. The van der Waals surface area contributed by atoms with Crippen LogP contribution in [-0.4, -0.2) is 37.4 Å². The van der Waals surface area contributed by atoms with Crippen molar-refractivity contribution in [3.05, 3.63) is 29.8 Å². The van der Waals surface area contributed by atoms with Crippen LogP contribution >= 0.6 is 0 Å². The predicted molar refractivity (Wildman–Crippen MR) is 77.0 cm³/mol. The molecule has 1 saturated heterocycles. The molecule has 20 heavy (non-hydrogen) atoms. The van der Waals surface area contributed by atoms with E-state index in [4.69, 9.17) is 4.74 Å². The lowest BCUT2D eigenvalue weighted by Crippen LogP contribution is -2.47. The molecule has 1 N–H and O–H groups in total. The number of hydrogen-bond acceptors (Lipinski definition) is 3. The maximum atomic E-state index is 11.7. The molecule has 0 radical (unpaired) electrons. The number of fused-ring (bicyclic) bond motifs is 1. The molecule has 0 saturated carbocycles. The molecule has 4 nitrogen and oxygen atoms in total. The number of aliphatic carboxylic acids is 1. The summed E-state index contributed by atoms with van der Waals surface area (Å²) in [6, 6.07) is 8.34. The van der Waals surface area contributed by atoms with Gasteiger partial charge >= 0.3 is 5.97 Å². The summed E-state index contributed by atoms with van der Waals surface area (Å²) in [7, 11) is 0. The molecule has 0 bridgehead atoms. The third kappa shape index (κ3) is 2.29. The Hall–Kier alpha value is -1.55. The van der Waals surface area contributed by atoms with Crippen LogP contribution in [0.5, 0.6) is 0 Å². The van der Waals surface area contributed by atoms with Gasteiger partial charge in [-0.25, -0.2) is 0 Å². The highest BCUT2D eigenvalue weighted by Crippen LogP contribution is 2.36. The molecule has 1 aromatic rings. The van der Waals surface area contributed by atoms with Crippen molar-refractivity contribution in [3.63, 3.8) is 0 Å². The first-order valence-corrected chi connectivity index (χ1v) is 7.25. The lowest BCUT2D eigenvalue weighted by Gasteiger charge is -2.39. The predicted octanol–water partition coefficient (Wildman–Crippen LogP) is 2.18. The molecule has 108 valence electrons. The van der Waals surface area contributed by atoms with Crippen LogP contribution in [0, 0.1) is 11.3 Å². The van der Waals surface area contributed by atoms with Crippen molar-refractivity contribution >= 4 is 11.7 Å². The number of carboxylic acid groups (broad SMARTS) is 1. The van der Waals surface area contributed by atoms with E-state index in [-0.39, 0.29) is 0 Å². The van der Waals surface area contributed by atoms with Crippen LogP contribution in [0.4, 0.5) is 5.69 Å². The lowest BCUT2D eigenvalue weighted by atomic mass is 9.84. The van der Waals surface area contributed by atoms with Gasteiger partial charge in [-0.3, -0.25) is 4.79 Å². The average Bonchev–Trinajstić information content (AvgIpc) is 2.88. The third-order valence-corrected chi connectivity index (χ3v) is 4.48. The second-order valence-electron chi connectivity index (χ2n) is 6.21. The largest absolute Gasteiger partial charge is 0.481 e. The number of para-hydroxylation sites is 1. The van der Waals surface area contributed by atoms with Crippen LogP contribution in [0.2, 0.25) is 0 Å². The van der Waals surface area contributed by atoms with Gasteiger partial charge in [-0.1, -0.05) is 25.1 Å². The van der Waals surface area contributed by atoms with Gasteiger partial charge in [-0.05, 0) is 30.4 Å². The second kappa shape index (κ2) is 5.09. The maximum Gasteiger partial charge on any atom is 0.313 e. The summed E-state index contributed by atoms with van der Waals surface area (Å²) in [5, 5.41) is 9.60. The van der Waals surface area contributed by atoms with Crippen molar-refractivity contribution in [1.82, 2.24) is 0 Å². The minimum atomic E-state index is -0.746. The Kier molecular flexibility index (Phi) is 3.42. The summed E-state index contributed by atoms with van der Waals surface area (Å²) in [5.74, 6) is -0.177. The lowest BCUT2D eigenvalue weighted by molar-refractivity contribution is -0.148.